The predicted octanol–water partition coefficient (Wildman–Crippen LogP) is 7.85. The molecule has 2 atom stereocenters. The maximum atomic E-state index is 12.2. The Labute approximate surface area is 191 Å². The fourth-order valence-electron chi connectivity index (χ4n) is 4.51. The van der Waals surface area contributed by atoms with Crippen LogP contribution < -0.4 is 0 Å². The molecule has 1 fully saturated rings. The van der Waals surface area contributed by atoms with Crippen molar-refractivity contribution in [3.63, 3.8) is 0 Å². The van der Waals surface area contributed by atoms with E-state index in [0.717, 1.165) is 32.1 Å². The molecule has 0 aliphatic heterocycles. The normalized spacial score (nSPS) is 19.0. The van der Waals surface area contributed by atoms with Crippen molar-refractivity contribution in [3.8, 4) is 0 Å². The van der Waals surface area contributed by atoms with Crippen LogP contribution in [0.5, 0.6) is 0 Å². The highest BCUT2D eigenvalue weighted by Gasteiger charge is 2.36. The topological polar surface area (TPSA) is 63.6 Å². The number of ether oxygens (including phenoxy) is 1. The minimum absolute atomic E-state index is 0.306. The van der Waals surface area contributed by atoms with E-state index in [9.17, 15) is 14.7 Å². The minimum atomic E-state index is -0.857. The van der Waals surface area contributed by atoms with Crippen LogP contribution in [0.2, 0.25) is 0 Å². The average molecular weight is 437 g/mol. The Kier molecular flexibility index (Phi) is 17.3. The molecule has 0 aromatic heterocycles. The fourth-order valence-corrected chi connectivity index (χ4v) is 4.51. The SMILES string of the molecule is CCCCCCCCCCCCC/C=C/CCCCOC(=O)C1CCCCC1C(=O)O. The van der Waals surface area contributed by atoms with Crippen molar-refractivity contribution in [3.05, 3.63) is 12.2 Å². The van der Waals surface area contributed by atoms with E-state index in [2.05, 4.69) is 19.1 Å². The Morgan fingerprint density at radius 1 is 0.742 bits per heavy atom. The summed E-state index contributed by atoms with van der Waals surface area (Å²) in [5.74, 6) is -2.17. The van der Waals surface area contributed by atoms with E-state index < -0.39 is 17.8 Å². The van der Waals surface area contributed by atoms with E-state index in [1.54, 1.807) is 0 Å². The summed E-state index contributed by atoms with van der Waals surface area (Å²) in [7, 11) is 0. The lowest BCUT2D eigenvalue weighted by molar-refractivity contribution is -0.159. The molecule has 0 spiro atoms. The molecule has 1 aliphatic carbocycles. The van der Waals surface area contributed by atoms with Gasteiger partial charge in [0.15, 0.2) is 0 Å². The van der Waals surface area contributed by atoms with E-state index in [-0.39, 0.29) is 5.97 Å². The number of carbonyl (C=O) groups excluding carboxylic acids is 1. The van der Waals surface area contributed by atoms with Crippen molar-refractivity contribution in [2.75, 3.05) is 6.61 Å². The van der Waals surface area contributed by atoms with Crippen LogP contribution in [-0.4, -0.2) is 23.7 Å². The van der Waals surface area contributed by atoms with Gasteiger partial charge in [-0.25, -0.2) is 0 Å². The number of hydrogen-bond donors (Lipinski definition) is 1. The molecule has 0 amide bonds. The predicted molar refractivity (Wildman–Crippen MR) is 128 cm³/mol. The first-order chi connectivity index (χ1) is 15.2. The summed E-state index contributed by atoms with van der Waals surface area (Å²) in [5.41, 5.74) is 0. The summed E-state index contributed by atoms with van der Waals surface area (Å²) in [6.45, 7) is 2.68. The molecule has 180 valence electrons. The van der Waals surface area contributed by atoms with Gasteiger partial charge in [-0.05, 0) is 44.9 Å². The molecule has 0 radical (unpaired) electrons. The van der Waals surface area contributed by atoms with Gasteiger partial charge in [0.05, 0.1) is 18.4 Å². The van der Waals surface area contributed by atoms with Gasteiger partial charge in [0.2, 0.25) is 0 Å². The smallest absolute Gasteiger partial charge is 0.309 e. The number of carboxylic acids is 1. The Morgan fingerprint density at radius 2 is 1.23 bits per heavy atom. The highest BCUT2D eigenvalue weighted by atomic mass is 16.5. The van der Waals surface area contributed by atoms with E-state index >= 15 is 0 Å². The first-order valence-electron chi connectivity index (χ1n) is 13.2. The third-order valence-corrected chi connectivity index (χ3v) is 6.54. The van der Waals surface area contributed by atoms with E-state index in [1.807, 2.05) is 0 Å². The van der Waals surface area contributed by atoms with Crippen molar-refractivity contribution in [2.45, 2.75) is 129 Å². The van der Waals surface area contributed by atoms with Gasteiger partial charge in [0.1, 0.15) is 0 Å². The standard InChI is InChI=1S/C27H48O4/c1-2-3-4-5-6-7-8-9-10-11-12-13-14-15-16-17-20-23-31-27(30)25-22-19-18-21-24(25)26(28)29/h14-15,24-25H,2-13,16-23H2,1H3,(H,28,29)/b15-14+. The lowest BCUT2D eigenvalue weighted by Crippen LogP contribution is -2.33. The highest BCUT2D eigenvalue weighted by molar-refractivity contribution is 5.81. The van der Waals surface area contributed by atoms with Gasteiger partial charge in [-0.3, -0.25) is 9.59 Å². The number of carboxylic acid groups (broad SMARTS) is 1. The van der Waals surface area contributed by atoms with Crippen molar-refractivity contribution >= 4 is 11.9 Å². The molecule has 1 N–H and O–H groups in total. The molecular weight excluding hydrogens is 388 g/mol. The Morgan fingerprint density at radius 3 is 1.77 bits per heavy atom. The van der Waals surface area contributed by atoms with Crippen molar-refractivity contribution < 1.29 is 19.4 Å². The molecule has 2 unspecified atom stereocenters. The van der Waals surface area contributed by atoms with Gasteiger partial charge in [0.25, 0.3) is 0 Å². The van der Waals surface area contributed by atoms with Gasteiger partial charge in [-0.1, -0.05) is 96.1 Å². The molecule has 31 heavy (non-hydrogen) atoms. The van der Waals surface area contributed by atoms with Crippen LogP contribution in [0.1, 0.15) is 129 Å². The van der Waals surface area contributed by atoms with Crippen LogP contribution in [0.4, 0.5) is 0 Å². The number of hydrogen-bond acceptors (Lipinski definition) is 3. The quantitative estimate of drug-likeness (QED) is 0.127. The Balaban J connectivity index is 1.88. The summed E-state index contributed by atoms with van der Waals surface area (Å²) in [4.78, 5) is 23.5. The van der Waals surface area contributed by atoms with Crippen LogP contribution >= 0.6 is 0 Å². The molecule has 4 heteroatoms. The largest absolute Gasteiger partial charge is 0.481 e. The zero-order chi connectivity index (χ0) is 22.6. The third-order valence-electron chi connectivity index (χ3n) is 6.54. The second-order valence-corrected chi connectivity index (χ2v) is 9.29. The zero-order valence-corrected chi connectivity index (χ0v) is 20.1. The lowest BCUT2D eigenvalue weighted by Gasteiger charge is -2.26. The second-order valence-electron chi connectivity index (χ2n) is 9.29. The summed E-state index contributed by atoms with van der Waals surface area (Å²) >= 11 is 0. The zero-order valence-electron chi connectivity index (χ0n) is 20.1. The monoisotopic (exact) mass is 436 g/mol. The number of allylic oxidation sites excluding steroid dienone is 2. The molecule has 0 heterocycles. The van der Waals surface area contributed by atoms with Crippen LogP contribution in [0.15, 0.2) is 12.2 Å². The Bertz CT molecular complexity index is 486. The molecule has 4 nitrogen and oxygen atoms in total. The molecule has 0 saturated heterocycles. The van der Waals surface area contributed by atoms with Gasteiger partial charge < -0.3 is 9.84 Å². The van der Waals surface area contributed by atoms with Gasteiger partial charge in [0, 0.05) is 0 Å². The van der Waals surface area contributed by atoms with Crippen LogP contribution in [-0.2, 0) is 14.3 Å². The highest BCUT2D eigenvalue weighted by Crippen LogP contribution is 2.31. The maximum absolute atomic E-state index is 12.2. The van der Waals surface area contributed by atoms with Crippen LogP contribution in [0, 0.1) is 11.8 Å². The summed E-state index contributed by atoms with van der Waals surface area (Å²) < 4.78 is 5.36. The minimum Gasteiger partial charge on any atom is -0.481 e. The summed E-state index contributed by atoms with van der Waals surface area (Å²) in [5, 5.41) is 9.27. The van der Waals surface area contributed by atoms with Gasteiger partial charge in [-0.15, -0.1) is 0 Å². The lowest BCUT2D eigenvalue weighted by atomic mass is 9.79. The molecule has 1 aliphatic rings. The number of esters is 1. The average Bonchev–Trinajstić information content (AvgIpc) is 2.78. The van der Waals surface area contributed by atoms with Crippen molar-refractivity contribution in [1.29, 1.82) is 0 Å². The molecular formula is C27H48O4. The van der Waals surface area contributed by atoms with E-state index in [1.165, 1.54) is 77.0 Å². The summed E-state index contributed by atoms with van der Waals surface area (Å²) in [6, 6.07) is 0. The number of unbranched alkanes of at least 4 members (excludes halogenated alkanes) is 13. The number of aliphatic carboxylic acids is 1. The number of rotatable bonds is 19. The van der Waals surface area contributed by atoms with Crippen LogP contribution in [0.3, 0.4) is 0 Å². The fraction of sp³-hybridized carbons (Fsp3) is 0.852. The van der Waals surface area contributed by atoms with E-state index in [0.29, 0.717) is 19.4 Å². The van der Waals surface area contributed by atoms with E-state index in [4.69, 9.17) is 4.74 Å². The van der Waals surface area contributed by atoms with Gasteiger partial charge in [-0.2, -0.15) is 0 Å². The number of carbonyl (C=O) groups is 2. The Hall–Kier alpha value is -1.32. The second kappa shape index (κ2) is 19.4. The molecule has 0 aromatic rings. The van der Waals surface area contributed by atoms with Gasteiger partial charge >= 0.3 is 11.9 Å². The molecule has 1 saturated carbocycles. The molecule has 0 aromatic carbocycles. The third kappa shape index (κ3) is 14.4. The first kappa shape index (κ1) is 27.7. The molecule has 1 rings (SSSR count). The molecule has 0 bridgehead atoms. The van der Waals surface area contributed by atoms with Crippen LogP contribution in [0.25, 0.3) is 0 Å². The van der Waals surface area contributed by atoms with Crippen molar-refractivity contribution in [2.24, 2.45) is 11.8 Å². The summed E-state index contributed by atoms with van der Waals surface area (Å²) in [6.07, 6.45) is 26.9. The maximum Gasteiger partial charge on any atom is 0.309 e. The van der Waals surface area contributed by atoms with Crippen molar-refractivity contribution in [1.82, 2.24) is 0 Å². The first-order valence-corrected chi connectivity index (χ1v) is 13.2.